The predicted octanol–water partition coefficient (Wildman–Crippen LogP) is 1.59. The highest BCUT2D eigenvalue weighted by Crippen LogP contribution is 2.35. The third-order valence-corrected chi connectivity index (χ3v) is 3.10. The van der Waals surface area contributed by atoms with Crippen molar-refractivity contribution >= 4 is 17.3 Å². The van der Waals surface area contributed by atoms with Crippen LogP contribution in [0.1, 0.15) is 5.56 Å². The summed E-state index contributed by atoms with van der Waals surface area (Å²) in [4.78, 5) is 6.84. The summed E-state index contributed by atoms with van der Waals surface area (Å²) in [6.07, 6.45) is 0.905. The first-order chi connectivity index (χ1) is 6.74. The molecule has 1 atom stereocenters. The van der Waals surface area contributed by atoms with Crippen LogP contribution in [0.4, 0.5) is 5.69 Å². The van der Waals surface area contributed by atoms with Gasteiger partial charge in [0.25, 0.3) is 0 Å². The van der Waals surface area contributed by atoms with Crippen molar-refractivity contribution < 1.29 is 4.84 Å². The highest BCUT2D eigenvalue weighted by Gasteiger charge is 2.27. The van der Waals surface area contributed by atoms with Crippen LogP contribution in [-0.4, -0.2) is 19.7 Å². The summed E-state index contributed by atoms with van der Waals surface area (Å²) in [7, 11) is 2.03. The molecule has 76 valence electrons. The number of anilines is 1. The van der Waals surface area contributed by atoms with Crippen LogP contribution >= 0.6 is 11.6 Å². The quantitative estimate of drug-likeness (QED) is 0.757. The van der Waals surface area contributed by atoms with Gasteiger partial charge in [-0.15, -0.1) is 0 Å². The lowest BCUT2D eigenvalue weighted by Crippen LogP contribution is -2.33. The summed E-state index contributed by atoms with van der Waals surface area (Å²) >= 11 is 6.10. The number of hydrogen-bond donors (Lipinski definition) is 1. The fourth-order valence-corrected chi connectivity index (χ4v) is 2.18. The van der Waals surface area contributed by atoms with Crippen molar-refractivity contribution in [3.63, 3.8) is 0 Å². The molecule has 1 aliphatic heterocycles. The van der Waals surface area contributed by atoms with Gasteiger partial charge in [-0.2, -0.15) is 0 Å². The van der Waals surface area contributed by atoms with Crippen LogP contribution in [0.2, 0.25) is 5.02 Å². The minimum Gasteiger partial charge on any atom is -0.369 e. The summed E-state index contributed by atoms with van der Waals surface area (Å²) in [5.41, 5.74) is 2.37. The maximum Gasteiger partial charge on any atom is 0.0885 e. The standard InChI is InChI=1S/C10H13ClN2O/c1-13-7(6-14-12)5-8-9(11)3-2-4-10(8)13/h2-4,7H,5-6,12H2,1H3. The topological polar surface area (TPSA) is 38.5 Å². The summed E-state index contributed by atoms with van der Waals surface area (Å²) in [6, 6.07) is 6.25. The fraction of sp³-hybridized carbons (Fsp3) is 0.400. The molecule has 0 bridgehead atoms. The minimum absolute atomic E-state index is 0.301. The van der Waals surface area contributed by atoms with Gasteiger partial charge in [-0.3, -0.25) is 0 Å². The SMILES string of the molecule is CN1c2cccc(Cl)c2CC1CON. The molecule has 0 spiro atoms. The van der Waals surface area contributed by atoms with E-state index in [2.05, 4.69) is 15.8 Å². The molecule has 1 unspecified atom stereocenters. The predicted molar refractivity (Wildman–Crippen MR) is 57.5 cm³/mol. The Hall–Kier alpha value is -0.770. The lowest BCUT2D eigenvalue weighted by atomic mass is 10.1. The third kappa shape index (κ3) is 1.47. The maximum absolute atomic E-state index is 6.10. The van der Waals surface area contributed by atoms with Crippen LogP contribution in [0.15, 0.2) is 18.2 Å². The minimum atomic E-state index is 0.301. The first-order valence-electron chi connectivity index (χ1n) is 4.56. The fourth-order valence-electron chi connectivity index (χ4n) is 1.93. The zero-order valence-corrected chi connectivity index (χ0v) is 8.79. The molecule has 0 amide bonds. The van der Waals surface area contributed by atoms with Gasteiger partial charge in [-0.25, -0.2) is 5.90 Å². The van der Waals surface area contributed by atoms with Crippen molar-refractivity contribution in [2.24, 2.45) is 5.90 Å². The molecule has 2 N–H and O–H groups in total. The van der Waals surface area contributed by atoms with Gasteiger partial charge in [0.15, 0.2) is 0 Å². The second kappa shape index (κ2) is 3.77. The van der Waals surface area contributed by atoms with Crippen molar-refractivity contribution in [3.05, 3.63) is 28.8 Å². The molecule has 4 heteroatoms. The van der Waals surface area contributed by atoms with Crippen molar-refractivity contribution in [3.8, 4) is 0 Å². The zero-order chi connectivity index (χ0) is 10.1. The third-order valence-electron chi connectivity index (χ3n) is 2.75. The van der Waals surface area contributed by atoms with Crippen molar-refractivity contribution in [1.82, 2.24) is 0 Å². The molecule has 1 aromatic rings. The van der Waals surface area contributed by atoms with Gasteiger partial charge < -0.3 is 9.74 Å². The van der Waals surface area contributed by atoms with Gasteiger partial charge in [-0.1, -0.05) is 17.7 Å². The molecule has 1 heterocycles. The Morgan fingerprint density at radius 2 is 2.43 bits per heavy atom. The zero-order valence-electron chi connectivity index (χ0n) is 8.03. The first kappa shape index (κ1) is 9.77. The molecule has 0 radical (unpaired) electrons. The average Bonchev–Trinajstić information content (AvgIpc) is 2.48. The molecule has 0 aliphatic carbocycles. The van der Waals surface area contributed by atoms with Gasteiger partial charge >= 0.3 is 0 Å². The number of rotatable bonds is 2. The van der Waals surface area contributed by atoms with E-state index >= 15 is 0 Å². The molecule has 1 aromatic carbocycles. The highest BCUT2D eigenvalue weighted by atomic mass is 35.5. The normalized spacial score (nSPS) is 19.9. The van der Waals surface area contributed by atoms with E-state index < -0.39 is 0 Å². The Morgan fingerprint density at radius 1 is 1.64 bits per heavy atom. The number of likely N-dealkylation sites (N-methyl/N-ethyl adjacent to an activating group) is 1. The molecule has 0 saturated carbocycles. The van der Waals surface area contributed by atoms with Crippen LogP contribution in [0.5, 0.6) is 0 Å². The van der Waals surface area contributed by atoms with Gasteiger partial charge in [0.1, 0.15) is 0 Å². The Bertz CT molecular complexity index is 343. The monoisotopic (exact) mass is 212 g/mol. The average molecular weight is 213 g/mol. The number of nitrogens with two attached hydrogens (primary N) is 1. The summed E-state index contributed by atoms with van der Waals surface area (Å²) in [6.45, 7) is 0.529. The van der Waals surface area contributed by atoms with Crippen LogP contribution in [0.25, 0.3) is 0 Å². The number of fused-ring (bicyclic) bond motifs is 1. The molecule has 1 aliphatic rings. The van der Waals surface area contributed by atoms with Crippen molar-refractivity contribution in [1.29, 1.82) is 0 Å². The van der Waals surface area contributed by atoms with Gasteiger partial charge in [0, 0.05) is 17.8 Å². The molecule has 0 saturated heterocycles. The van der Waals surface area contributed by atoms with Crippen molar-refractivity contribution in [2.45, 2.75) is 12.5 Å². The lowest BCUT2D eigenvalue weighted by Gasteiger charge is -2.21. The Balaban J connectivity index is 2.30. The Morgan fingerprint density at radius 3 is 3.07 bits per heavy atom. The van der Waals surface area contributed by atoms with Gasteiger partial charge in [0.2, 0.25) is 0 Å². The first-order valence-corrected chi connectivity index (χ1v) is 4.93. The van der Waals surface area contributed by atoms with Crippen molar-refractivity contribution in [2.75, 3.05) is 18.6 Å². The second-order valence-corrected chi connectivity index (χ2v) is 3.95. The Labute approximate surface area is 88.4 Å². The number of hydrogen-bond acceptors (Lipinski definition) is 3. The highest BCUT2D eigenvalue weighted by molar-refractivity contribution is 6.31. The largest absolute Gasteiger partial charge is 0.369 e. The van der Waals surface area contributed by atoms with Crippen LogP contribution in [0, 0.1) is 0 Å². The summed E-state index contributed by atoms with van der Waals surface area (Å²) in [5, 5.41) is 0.828. The smallest absolute Gasteiger partial charge is 0.0885 e. The lowest BCUT2D eigenvalue weighted by molar-refractivity contribution is 0.124. The number of halogens is 1. The molecule has 14 heavy (non-hydrogen) atoms. The van der Waals surface area contributed by atoms with E-state index in [1.807, 2.05) is 19.2 Å². The Kier molecular flexibility index (Phi) is 2.63. The van der Waals surface area contributed by atoms with E-state index in [-0.39, 0.29) is 0 Å². The molecule has 0 aromatic heterocycles. The second-order valence-electron chi connectivity index (χ2n) is 3.54. The van der Waals surface area contributed by atoms with E-state index in [0.29, 0.717) is 12.6 Å². The number of nitrogens with zero attached hydrogens (tertiary/aromatic N) is 1. The van der Waals surface area contributed by atoms with E-state index in [1.165, 1.54) is 11.3 Å². The van der Waals surface area contributed by atoms with Gasteiger partial charge in [-0.05, 0) is 24.1 Å². The summed E-state index contributed by atoms with van der Waals surface area (Å²) < 4.78 is 0. The van der Waals surface area contributed by atoms with Gasteiger partial charge in [0.05, 0.1) is 12.6 Å². The van der Waals surface area contributed by atoms with E-state index in [4.69, 9.17) is 17.5 Å². The summed E-state index contributed by atoms with van der Waals surface area (Å²) in [5.74, 6) is 5.08. The van der Waals surface area contributed by atoms with E-state index in [1.54, 1.807) is 0 Å². The van der Waals surface area contributed by atoms with E-state index in [9.17, 15) is 0 Å². The molecular formula is C10H13ClN2O. The molecule has 0 fully saturated rings. The maximum atomic E-state index is 6.10. The van der Waals surface area contributed by atoms with Crippen LogP contribution < -0.4 is 10.8 Å². The van der Waals surface area contributed by atoms with E-state index in [0.717, 1.165) is 11.4 Å². The number of benzene rings is 1. The molecular weight excluding hydrogens is 200 g/mol. The van der Waals surface area contributed by atoms with Crippen LogP contribution in [0.3, 0.4) is 0 Å². The molecule has 2 rings (SSSR count). The molecule has 3 nitrogen and oxygen atoms in total. The van der Waals surface area contributed by atoms with Crippen LogP contribution in [-0.2, 0) is 11.3 Å².